The maximum absolute atomic E-state index is 2.42. The van der Waals surface area contributed by atoms with E-state index < -0.39 is 0 Å². The van der Waals surface area contributed by atoms with Crippen LogP contribution in [-0.4, -0.2) is 0 Å². The number of rotatable bonds is 7. The van der Waals surface area contributed by atoms with Gasteiger partial charge in [-0.25, -0.2) is 0 Å². The Kier molecular flexibility index (Phi) is 8.09. The van der Waals surface area contributed by atoms with Crippen molar-refractivity contribution < 1.29 is 0 Å². The van der Waals surface area contributed by atoms with Crippen molar-refractivity contribution in [2.45, 2.75) is 0 Å². The fourth-order valence-corrected chi connectivity index (χ4v) is 8.84. The maximum Gasteiger partial charge on any atom is 0.0554 e. The summed E-state index contributed by atoms with van der Waals surface area (Å²) < 4.78 is 2.59. The molecule has 0 amide bonds. The first kappa shape index (κ1) is 32.0. The van der Waals surface area contributed by atoms with Gasteiger partial charge in [-0.3, -0.25) is 0 Å². The molecule has 0 fully saturated rings. The topological polar surface area (TPSA) is 3.24 Å². The Bertz CT molecular complexity index is 2900. The number of fused-ring (bicyclic) bond motifs is 4. The molecule has 0 N–H and O–H groups in total. The molecule has 54 heavy (non-hydrogen) atoms. The normalized spacial score (nSPS) is 11.3. The summed E-state index contributed by atoms with van der Waals surface area (Å²) in [6.45, 7) is 0. The predicted molar refractivity (Wildman–Crippen MR) is 233 cm³/mol. The highest BCUT2D eigenvalue weighted by Gasteiger charge is 2.19. The molecule has 0 radical (unpaired) electrons. The van der Waals surface area contributed by atoms with Gasteiger partial charge in [0.25, 0.3) is 0 Å². The van der Waals surface area contributed by atoms with E-state index >= 15 is 0 Å². The van der Waals surface area contributed by atoms with Crippen LogP contribution in [0.2, 0.25) is 0 Å². The van der Waals surface area contributed by atoms with Gasteiger partial charge in [-0.15, -0.1) is 11.3 Å². The molecule has 0 aliphatic heterocycles. The van der Waals surface area contributed by atoms with E-state index in [1.54, 1.807) is 0 Å². The molecule has 1 aromatic heterocycles. The number of hydrogen-bond acceptors (Lipinski definition) is 2. The molecule has 10 rings (SSSR count). The minimum atomic E-state index is 1.12. The lowest BCUT2D eigenvalue weighted by Crippen LogP contribution is -2.10. The Morgan fingerprint density at radius 2 is 0.759 bits per heavy atom. The minimum Gasteiger partial charge on any atom is -0.310 e. The van der Waals surface area contributed by atoms with Gasteiger partial charge in [0.2, 0.25) is 0 Å². The summed E-state index contributed by atoms with van der Waals surface area (Å²) in [5.41, 5.74) is 13.1. The van der Waals surface area contributed by atoms with E-state index in [2.05, 4.69) is 217 Å². The van der Waals surface area contributed by atoms with E-state index in [4.69, 9.17) is 0 Å². The SMILES string of the molecule is c1ccc(-c2ccc(-c3ccc(N(c4ccc(-c5cccc(-c6ccc7ccccc7c6)c5)cc4)c4cccc5sc6ccccc6c45)cc3)cc2)cc1. The molecule has 10 aromatic rings. The molecule has 0 aliphatic rings. The van der Waals surface area contributed by atoms with Crippen molar-refractivity contribution in [3.8, 4) is 44.5 Å². The number of nitrogens with zero attached hydrogens (tertiary/aromatic N) is 1. The van der Waals surface area contributed by atoms with Crippen molar-refractivity contribution in [3.05, 3.63) is 212 Å². The van der Waals surface area contributed by atoms with Crippen molar-refractivity contribution in [2.24, 2.45) is 0 Å². The van der Waals surface area contributed by atoms with Gasteiger partial charge in [0.15, 0.2) is 0 Å². The van der Waals surface area contributed by atoms with Crippen LogP contribution in [0.5, 0.6) is 0 Å². The third-order valence-electron chi connectivity index (χ3n) is 10.5. The lowest BCUT2D eigenvalue weighted by atomic mass is 9.97. The fraction of sp³-hybridized carbons (Fsp3) is 0. The maximum atomic E-state index is 2.42. The van der Waals surface area contributed by atoms with Crippen molar-refractivity contribution in [1.29, 1.82) is 0 Å². The second kappa shape index (κ2) is 13.7. The van der Waals surface area contributed by atoms with E-state index in [0.717, 1.165) is 11.4 Å². The Balaban J connectivity index is 1.03. The summed E-state index contributed by atoms with van der Waals surface area (Å²) in [6, 6.07) is 77.1. The molecule has 0 bridgehead atoms. The number of hydrogen-bond donors (Lipinski definition) is 0. The molecule has 0 saturated heterocycles. The second-order valence-electron chi connectivity index (χ2n) is 13.8. The third kappa shape index (κ3) is 5.93. The van der Waals surface area contributed by atoms with Crippen LogP contribution >= 0.6 is 11.3 Å². The highest BCUT2D eigenvalue weighted by molar-refractivity contribution is 7.26. The zero-order chi connectivity index (χ0) is 35.8. The molecule has 2 heteroatoms. The van der Waals surface area contributed by atoms with Crippen LogP contribution < -0.4 is 4.90 Å². The van der Waals surface area contributed by atoms with Crippen molar-refractivity contribution in [1.82, 2.24) is 0 Å². The zero-order valence-electron chi connectivity index (χ0n) is 29.6. The van der Waals surface area contributed by atoms with Crippen molar-refractivity contribution >= 4 is 59.3 Å². The summed E-state index contributed by atoms with van der Waals surface area (Å²) in [7, 11) is 0. The van der Waals surface area contributed by atoms with Gasteiger partial charge in [0.1, 0.15) is 0 Å². The summed E-state index contributed by atoms with van der Waals surface area (Å²) in [5.74, 6) is 0. The van der Waals surface area contributed by atoms with Gasteiger partial charge in [-0.05, 0) is 110 Å². The second-order valence-corrected chi connectivity index (χ2v) is 14.8. The summed E-state index contributed by atoms with van der Waals surface area (Å²) >= 11 is 1.86. The lowest BCUT2D eigenvalue weighted by Gasteiger charge is -2.27. The van der Waals surface area contributed by atoms with Crippen LogP contribution in [0.15, 0.2) is 212 Å². The van der Waals surface area contributed by atoms with Crippen molar-refractivity contribution in [3.63, 3.8) is 0 Å². The summed E-state index contributed by atoms with van der Waals surface area (Å²) in [4.78, 5) is 2.42. The number of benzene rings is 9. The average Bonchev–Trinajstić information content (AvgIpc) is 3.64. The monoisotopic (exact) mass is 705 g/mol. The molecule has 0 saturated carbocycles. The molecular weight excluding hydrogens is 671 g/mol. The van der Waals surface area contributed by atoms with Gasteiger partial charge < -0.3 is 4.90 Å². The predicted octanol–water partition coefficient (Wildman–Crippen LogP) is 15.3. The Labute approximate surface area is 319 Å². The van der Waals surface area contributed by atoms with Crippen LogP contribution in [0, 0.1) is 0 Å². The van der Waals surface area contributed by atoms with Gasteiger partial charge >= 0.3 is 0 Å². The van der Waals surface area contributed by atoms with Crippen LogP contribution in [0.3, 0.4) is 0 Å². The third-order valence-corrected chi connectivity index (χ3v) is 11.6. The molecule has 0 aliphatic carbocycles. The number of thiophene rings is 1. The Hall–Kier alpha value is -6.74. The molecule has 254 valence electrons. The van der Waals surface area contributed by atoms with Gasteiger partial charge in [-0.2, -0.15) is 0 Å². The first-order valence-electron chi connectivity index (χ1n) is 18.4. The van der Waals surface area contributed by atoms with E-state index in [-0.39, 0.29) is 0 Å². The molecule has 9 aromatic carbocycles. The van der Waals surface area contributed by atoms with Gasteiger partial charge in [-0.1, -0.05) is 158 Å². The standard InChI is InChI=1S/C52H35NS/c1-2-10-36(11-3-1)38-20-22-39(23-21-38)40-26-30-46(31-27-40)53(49-17-9-19-51-52(49)48-16-6-7-18-50(48)54-51)47-32-28-41(29-33-47)43-14-8-15-44(34-43)45-25-24-37-12-4-5-13-42(37)35-45/h1-35H. The molecule has 1 heterocycles. The molecule has 0 atom stereocenters. The fourth-order valence-electron chi connectivity index (χ4n) is 7.71. The first-order chi connectivity index (χ1) is 26.7. The molecule has 1 nitrogen and oxygen atoms in total. The van der Waals surface area contributed by atoms with Crippen LogP contribution in [0.4, 0.5) is 17.1 Å². The summed E-state index contributed by atoms with van der Waals surface area (Å²) in [6.07, 6.45) is 0. The van der Waals surface area contributed by atoms with Gasteiger partial charge in [0, 0.05) is 31.5 Å². The van der Waals surface area contributed by atoms with E-state index in [1.165, 1.54) is 81.1 Å². The van der Waals surface area contributed by atoms with E-state index in [0.29, 0.717) is 0 Å². The minimum absolute atomic E-state index is 1.12. The molecule has 0 unspecified atom stereocenters. The zero-order valence-corrected chi connectivity index (χ0v) is 30.4. The Morgan fingerprint density at radius 1 is 0.296 bits per heavy atom. The quantitative estimate of drug-likeness (QED) is 0.160. The highest BCUT2D eigenvalue weighted by Crippen LogP contribution is 2.45. The van der Waals surface area contributed by atoms with Crippen LogP contribution in [0.1, 0.15) is 0 Å². The average molecular weight is 706 g/mol. The van der Waals surface area contributed by atoms with E-state index in [9.17, 15) is 0 Å². The molecule has 0 spiro atoms. The van der Waals surface area contributed by atoms with Crippen LogP contribution in [-0.2, 0) is 0 Å². The molecular formula is C52H35NS. The van der Waals surface area contributed by atoms with Gasteiger partial charge in [0.05, 0.1) is 5.69 Å². The smallest absolute Gasteiger partial charge is 0.0554 e. The van der Waals surface area contributed by atoms with E-state index in [1.807, 2.05) is 11.3 Å². The van der Waals surface area contributed by atoms with Crippen LogP contribution in [0.25, 0.3) is 75.5 Å². The lowest BCUT2D eigenvalue weighted by molar-refractivity contribution is 1.30. The Morgan fingerprint density at radius 3 is 1.46 bits per heavy atom. The number of anilines is 3. The van der Waals surface area contributed by atoms with Crippen molar-refractivity contribution in [2.75, 3.05) is 4.90 Å². The largest absolute Gasteiger partial charge is 0.310 e. The highest BCUT2D eigenvalue weighted by atomic mass is 32.1. The first-order valence-corrected chi connectivity index (χ1v) is 19.2. The summed E-state index contributed by atoms with van der Waals surface area (Å²) in [5, 5.41) is 5.09.